The maximum Gasteiger partial charge on any atom is 0.490 e. The number of pyridine rings is 1. The predicted molar refractivity (Wildman–Crippen MR) is 122 cm³/mol. The van der Waals surface area contributed by atoms with E-state index in [1.807, 2.05) is 36.9 Å². The first-order chi connectivity index (χ1) is 17.6. The van der Waals surface area contributed by atoms with Gasteiger partial charge in [0, 0.05) is 50.5 Å². The lowest BCUT2D eigenvalue weighted by molar-refractivity contribution is -0.193. The van der Waals surface area contributed by atoms with Gasteiger partial charge >= 0.3 is 24.3 Å². The van der Waals surface area contributed by atoms with Crippen molar-refractivity contribution >= 4 is 17.9 Å². The van der Waals surface area contributed by atoms with Crippen LogP contribution in [-0.2, 0) is 16.1 Å². The van der Waals surface area contributed by atoms with E-state index in [2.05, 4.69) is 37.9 Å². The van der Waals surface area contributed by atoms with Crippen LogP contribution in [0.25, 0.3) is 0 Å². The minimum Gasteiger partial charge on any atom is -0.475 e. The number of alkyl halides is 6. The van der Waals surface area contributed by atoms with E-state index >= 15 is 0 Å². The molecule has 2 fully saturated rings. The van der Waals surface area contributed by atoms with E-state index in [1.54, 1.807) is 0 Å². The van der Waals surface area contributed by atoms with Crippen molar-refractivity contribution in [2.45, 2.75) is 50.6 Å². The second-order valence-electron chi connectivity index (χ2n) is 8.98. The minimum absolute atomic E-state index is 0.555. The summed E-state index contributed by atoms with van der Waals surface area (Å²) in [4.78, 5) is 35.6. The van der Waals surface area contributed by atoms with Crippen molar-refractivity contribution in [2.24, 2.45) is 5.41 Å². The average molecular weight is 551 g/mol. The smallest absolute Gasteiger partial charge is 0.475 e. The van der Waals surface area contributed by atoms with Gasteiger partial charge in [0.1, 0.15) is 0 Å². The highest BCUT2D eigenvalue weighted by atomic mass is 19.4. The van der Waals surface area contributed by atoms with Crippen LogP contribution in [0.4, 0.5) is 32.3 Å². The predicted octanol–water partition coefficient (Wildman–Crippen LogP) is 4.02. The Bertz CT molecular complexity index is 1000. The van der Waals surface area contributed by atoms with Crippen LogP contribution in [0.1, 0.15) is 31.2 Å². The molecule has 4 rings (SSSR count). The molecule has 2 aromatic heterocycles. The number of hydrogen-bond donors (Lipinski definition) is 2. The molecule has 0 bridgehead atoms. The van der Waals surface area contributed by atoms with Crippen LogP contribution < -0.4 is 4.90 Å². The van der Waals surface area contributed by atoms with Crippen LogP contribution in [0, 0.1) is 5.41 Å². The third kappa shape index (κ3) is 9.43. The van der Waals surface area contributed by atoms with E-state index in [1.165, 1.54) is 31.2 Å². The zero-order valence-electron chi connectivity index (χ0n) is 20.3. The molecule has 210 valence electrons. The number of aromatic nitrogens is 3. The van der Waals surface area contributed by atoms with Crippen molar-refractivity contribution in [1.29, 1.82) is 0 Å². The van der Waals surface area contributed by atoms with Crippen LogP contribution in [0.3, 0.4) is 0 Å². The molecule has 9 nitrogen and oxygen atoms in total. The van der Waals surface area contributed by atoms with Crippen molar-refractivity contribution in [3.05, 3.63) is 48.5 Å². The maximum atomic E-state index is 10.6. The van der Waals surface area contributed by atoms with E-state index in [0.717, 1.165) is 25.6 Å². The Hall–Kier alpha value is -3.49. The summed E-state index contributed by atoms with van der Waals surface area (Å²) < 4.78 is 63.5. The number of carbonyl (C=O) groups is 2. The van der Waals surface area contributed by atoms with Gasteiger partial charge in [-0.25, -0.2) is 19.6 Å². The standard InChI is InChI=1S/C19H25N5.2C2HF3O2/c1-23(15-16-4-2-7-20-14-16)17-12-19(13-17)5-10-24(11-6-19)18-21-8-3-9-22-18;2*3-2(4,5)1(6)7/h2-4,7-9,14,17H,5-6,10-13,15H2,1H3;2*(H,6,7). The molecule has 0 aromatic carbocycles. The Morgan fingerprint density at radius 1 is 0.974 bits per heavy atom. The molecule has 1 spiro atoms. The Balaban J connectivity index is 0.000000301. The summed E-state index contributed by atoms with van der Waals surface area (Å²) in [7, 11) is 2.25. The zero-order valence-corrected chi connectivity index (χ0v) is 20.3. The SMILES string of the molecule is CN(Cc1cccnc1)C1CC2(CCN(c3ncccn3)CC2)C1.O=C(O)C(F)(F)F.O=C(O)C(F)(F)F. The topological polar surface area (TPSA) is 120 Å². The van der Waals surface area contributed by atoms with Crippen LogP contribution in [0.2, 0.25) is 0 Å². The lowest BCUT2D eigenvalue weighted by atomic mass is 9.60. The molecule has 2 aliphatic rings. The summed E-state index contributed by atoms with van der Waals surface area (Å²) >= 11 is 0. The third-order valence-electron chi connectivity index (χ3n) is 6.26. The molecule has 2 N–H and O–H groups in total. The number of rotatable bonds is 4. The molecule has 0 amide bonds. The van der Waals surface area contributed by atoms with E-state index in [-0.39, 0.29) is 0 Å². The van der Waals surface area contributed by atoms with Gasteiger partial charge in [-0.1, -0.05) is 6.07 Å². The molecule has 1 saturated heterocycles. The number of halogens is 6. The molecule has 1 aliphatic heterocycles. The number of carboxylic acid groups (broad SMARTS) is 2. The Morgan fingerprint density at radius 3 is 1.89 bits per heavy atom. The molecular formula is C23H27F6N5O4. The highest BCUT2D eigenvalue weighted by Crippen LogP contribution is 2.51. The van der Waals surface area contributed by atoms with Crippen LogP contribution >= 0.6 is 0 Å². The summed E-state index contributed by atoms with van der Waals surface area (Å²) in [5.74, 6) is -4.63. The number of nitrogens with zero attached hydrogens (tertiary/aromatic N) is 5. The number of piperidine rings is 1. The summed E-state index contributed by atoms with van der Waals surface area (Å²) in [6, 6.07) is 6.77. The monoisotopic (exact) mass is 551 g/mol. The van der Waals surface area contributed by atoms with E-state index in [9.17, 15) is 26.3 Å². The minimum atomic E-state index is -5.08. The average Bonchev–Trinajstić information content (AvgIpc) is 2.83. The van der Waals surface area contributed by atoms with Gasteiger partial charge < -0.3 is 15.1 Å². The summed E-state index contributed by atoms with van der Waals surface area (Å²) in [6.07, 6.45) is 2.50. The van der Waals surface area contributed by atoms with E-state index in [0.29, 0.717) is 11.5 Å². The first kappa shape index (κ1) is 30.7. The highest BCUT2D eigenvalue weighted by Gasteiger charge is 2.47. The van der Waals surface area contributed by atoms with Gasteiger partial charge in [-0.05, 0) is 55.8 Å². The van der Waals surface area contributed by atoms with Crippen molar-refractivity contribution in [3.63, 3.8) is 0 Å². The van der Waals surface area contributed by atoms with Gasteiger partial charge in [-0.15, -0.1) is 0 Å². The number of hydrogen-bond acceptors (Lipinski definition) is 7. The number of anilines is 1. The lowest BCUT2D eigenvalue weighted by Crippen LogP contribution is -2.54. The summed E-state index contributed by atoms with van der Waals surface area (Å²) in [5, 5.41) is 14.2. The van der Waals surface area contributed by atoms with Crippen molar-refractivity contribution in [3.8, 4) is 0 Å². The fraction of sp³-hybridized carbons (Fsp3) is 0.522. The lowest BCUT2D eigenvalue weighted by Gasteiger charge is -2.54. The second-order valence-corrected chi connectivity index (χ2v) is 8.98. The summed E-state index contributed by atoms with van der Waals surface area (Å²) in [6.45, 7) is 3.17. The third-order valence-corrected chi connectivity index (χ3v) is 6.26. The molecule has 0 atom stereocenters. The fourth-order valence-electron chi connectivity index (χ4n) is 4.20. The molecule has 0 radical (unpaired) electrons. The molecule has 0 unspecified atom stereocenters. The Labute approximate surface area is 214 Å². The number of aliphatic carboxylic acids is 2. The Morgan fingerprint density at radius 2 is 1.47 bits per heavy atom. The second kappa shape index (κ2) is 12.8. The quantitative estimate of drug-likeness (QED) is 0.543. The molecule has 2 aromatic rings. The highest BCUT2D eigenvalue weighted by molar-refractivity contribution is 5.73. The number of carboxylic acids is 2. The zero-order chi connectivity index (χ0) is 28.6. The van der Waals surface area contributed by atoms with Gasteiger partial charge in [0.2, 0.25) is 5.95 Å². The van der Waals surface area contributed by atoms with Gasteiger partial charge in [0.05, 0.1) is 0 Å². The normalized spacial score (nSPS) is 17.0. The maximum absolute atomic E-state index is 10.6. The Kier molecular flexibility index (Phi) is 10.4. The molecular weight excluding hydrogens is 524 g/mol. The summed E-state index contributed by atoms with van der Waals surface area (Å²) in [5.41, 5.74) is 1.86. The van der Waals surface area contributed by atoms with Crippen molar-refractivity contribution < 1.29 is 46.1 Å². The first-order valence-corrected chi connectivity index (χ1v) is 11.3. The van der Waals surface area contributed by atoms with Crippen molar-refractivity contribution in [2.75, 3.05) is 25.0 Å². The van der Waals surface area contributed by atoms with E-state index < -0.39 is 24.3 Å². The van der Waals surface area contributed by atoms with Gasteiger partial charge in [-0.3, -0.25) is 9.88 Å². The van der Waals surface area contributed by atoms with Gasteiger partial charge in [-0.2, -0.15) is 26.3 Å². The fourth-order valence-corrected chi connectivity index (χ4v) is 4.20. The van der Waals surface area contributed by atoms with Gasteiger partial charge in [0.15, 0.2) is 0 Å². The van der Waals surface area contributed by atoms with Gasteiger partial charge in [0.25, 0.3) is 0 Å². The molecule has 38 heavy (non-hydrogen) atoms. The molecule has 15 heteroatoms. The molecule has 1 saturated carbocycles. The molecule has 3 heterocycles. The van der Waals surface area contributed by atoms with Crippen LogP contribution in [0.15, 0.2) is 43.0 Å². The van der Waals surface area contributed by atoms with E-state index in [4.69, 9.17) is 19.8 Å². The van der Waals surface area contributed by atoms with Crippen LogP contribution in [0.5, 0.6) is 0 Å². The van der Waals surface area contributed by atoms with Crippen LogP contribution in [-0.4, -0.2) is 80.5 Å². The first-order valence-electron chi connectivity index (χ1n) is 11.3. The van der Waals surface area contributed by atoms with Crippen molar-refractivity contribution in [1.82, 2.24) is 19.9 Å². The largest absolute Gasteiger partial charge is 0.490 e. The molecule has 1 aliphatic carbocycles.